The molecule has 0 saturated heterocycles. The molecule has 0 aromatic heterocycles. The van der Waals surface area contributed by atoms with Crippen LogP contribution in [0.15, 0.2) is 12.3 Å². The number of allylic oxidation sites excluding steroid dienone is 1. The molecular formula is C9H21N. The van der Waals surface area contributed by atoms with E-state index in [1.165, 1.54) is 19.3 Å². The van der Waals surface area contributed by atoms with Gasteiger partial charge in [0.05, 0.1) is 0 Å². The zero-order chi connectivity index (χ0) is 7.82. The van der Waals surface area contributed by atoms with Crippen molar-refractivity contribution in [3.8, 4) is 0 Å². The Hall–Kier alpha value is -0.460. The van der Waals surface area contributed by atoms with E-state index in [1.807, 2.05) is 0 Å². The van der Waals surface area contributed by atoms with Crippen molar-refractivity contribution in [2.75, 3.05) is 6.54 Å². The Balaban J connectivity index is 0. The van der Waals surface area contributed by atoms with E-state index in [0.717, 1.165) is 18.7 Å². The van der Waals surface area contributed by atoms with Crippen molar-refractivity contribution in [2.24, 2.45) is 0 Å². The number of hydrogen-bond donors (Lipinski definition) is 1. The second-order valence-electron chi connectivity index (χ2n) is 2.59. The van der Waals surface area contributed by atoms with Crippen LogP contribution >= 0.6 is 0 Å². The monoisotopic (exact) mass is 143 g/mol. The lowest BCUT2D eigenvalue weighted by Gasteiger charge is -2.05. The number of rotatable bonds is 6. The summed E-state index contributed by atoms with van der Waals surface area (Å²) in [6.07, 6.45) is 4.94. The van der Waals surface area contributed by atoms with Crippen LogP contribution in [0.25, 0.3) is 0 Å². The maximum Gasteiger partial charge on any atom is 0.0143 e. The summed E-state index contributed by atoms with van der Waals surface area (Å²) < 4.78 is 0. The minimum absolute atomic E-state index is 0. The SMILES string of the molecule is C=C(CC)NCCCCC.[HH]. The van der Waals surface area contributed by atoms with Crippen LogP contribution < -0.4 is 5.32 Å². The molecular weight excluding hydrogens is 122 g/mol. The van der Waals surface area contributed by atoms with Gasteiger partial charge in [0.25, 0.3) is 0 Å². The largest absolute Gasteiger partial charge is 0.389 e. The highest BCUT2D eigenvalue weighted by atomic mass is 14.9. The van der Waals surface area contributed by atoms with Crippen molar-refractivity contribution in [2.45, 2.75) is 39.5 Å². The summed E-state index contributed by atoms with van der Waals surface area (Å²) in [7, 11) is 0. The Labute approximate surface area is 66.0 Å². The van der Waals surface area contributed by atoms with Gasteiger partial charge in [-0.2, -0.15) is 0 Å². The molecule has 0 aliphatic rings. The van der Waals surface area contributed by atoms with Crippen LogP contribution in [-0.2, 0) is 0 Å². The number of unbranched alkanes of at least 4 members (excludes halogenated alkanes) is 2. The first kappa shape index (κ1) is 9.54. The van der Waals surface area contributed by atoms with Gasteiger partial charge in [-0.25, -0.2) is 0 Å². The first-order chi connectivity index (χ1) is 4.81. The third-order valence-electron chi connectivity index (χ3n) is 1.58. The minimum Gasteiger partial charge on any atom is -0.389 e. The molecule has 0 aliphatic heterocycles. The molecule has 0 bridgehead atoms. The van der Waals surface area contributed by atoms with Crippen LogP contribution in [0.1, 0.15) is 41.0 Å². The third kappa shape index (κ3) is 5.67. The van der Waals surface area contributed by atoms with Gasteiger partial charge in [0, 0.05) is 13.7 Å². The lowest BCUT2D eigenvalue weighted by atomic mass is 10.2. The van der Waals surface area contributed by atoms with Crippen molar-refractivity contribution >= 4 is 0 Å². The summed E-state index contributed by atoms with van der Waals surface area (Å²) in [5, 5.41) is 3.27. The van der Waals surface area contributed by atoms with Gasteiger partial charge in [-0.1, -0.05) is 33.3 Å². The van der Waals surface area contributed by atoms with Crippen LogP contribution in [0.4, 0.5) is 0 Å². The maximum absolute atomic E-state index is 3.86. The molecule has 0 aliphatic carbocycles. The standard InChI is InChI=1S/C9H19N.H2/c1-4-6-7-8-10-9(3)5-2;/h10H,3-8H2,1-2H3;1H. The summed E-state index contributed by atoms with van der Waals surface area (Å²) in [4.78, 5) is 0. The fourth-order valence-corrected chi connectivity index (χ4v) is 0.765. The smallest absolute Gasteiger partial charge is 0.0143 e. The molecule has 1 N–H and O–H groups in total. The van der Waals surface area contributed by atoms with E-state index in [4.69, 9.17) is 0 Å². The van der Waals surface area contributed by atoms with E-state index in [0.29, 0.717) is 0 Å². The Morgan fingerprint density at radius 3 is 2.60 bits per heavy atom. The molecule has 1 heteroatoms. The topological polar surface area (TPSA) is 12.0 Å². The van der Waals surface area contributed by atoms with E-state index in [1.54, 1.807) is 0 Å². The third-order valence-corrected chi connectivity index (χ3v) is 1.58. The van der Waals surface area contributed by atoms with Crippen molar-refractivity contribution < 1.29 is 1.43 Å². The molecule has 0 unspecified atom stereocenters. The molecule has 0 fully saturated rings. The van der Waals surface area contributed by atoms with Crippen molar-refractivity contribution in [1.29, 1.82) is 0 Å². The van der Waals surface area contributed by atoms with E-state index >= 15 is 0 Å². The minimum atomic E-state index is 0. The Morgan fingerprint density at radius 1 is 1.40 bits per heavy atom. The van der Waals surface area contributed by atoms with E-state index in [-0.39, 0.29) is 1.43 Å². The van der Waals surface area contributed by atoms with Gasteiger partial charge in [-0.15, -0.1) is 0 Å². The lowest BCUT2D eigenvalue weighted by molar-refractivity contribution is 0.658. The molecule has 1 nitrogen and oxygen atoms in total. The summed E-state index contributed by atoms with van der Waals surface area (Å²) in [5.74, 6) is 0. The Morgan fingerprint density at radius 2 is 2.10 bits per heavy atom. The number of hydrogen-bond acceptors (Lipinski definition) is 1. The summed E-state index contributed by atoms with van der Waals surface area (Å²) >= 11 is 0. The fourth-order valence-electron chi connectivity index (χ4n) is 0.765. The van der Waals surface area contributed by atoms with Crippen LogP contribution in [0, 0.1) is 0 Å². The second kappa shape index (κ2) is 6.66. The Kier molecular flexibility index (Phi) is 6.35. The molecule has 0 radical (unpaired) electrons. The van der Waals surface area contributed by atoms with Gasteiger partial charge in [-0.05, 0) is 12.8 Å². The highest BCUT2D eigenvalue weighted by Gasteiger charge is 1.87. The Bertz CT molecular complexity index is 91.6. The van der Waals surface area contributed by atoms with Crippen LogP contribution in [0.5, 0.6) is 0 Å². The molecule has 0 aromatic rings. The maximum atomic E-state index is 3.86. The van der Waals surface area contributed by atoms with Gasteiger partial charge in [-0.3, -0.25) is 0 Å². The van der Waals surface area contributed by atoms with Gasteiger partial charge < -0.3 is 5.32 Å². The average Bonchev–Trinajstić information content (AvgIpc) is 1.98. The fraction of sp³-hybridized carbons (Fsp3) is 0.778. The second-order valence-corrected chi connectivity index (χ2v) is 2.59. The highest BCUT2D eigenvalue weighted by molar-refractivity contribution is 4.88. The van der Waals surface area contributed by atoms with Crippen molar-refractivity contribution in [3.05, 3.63) is 12.3 Å². The van der Waals surface area contributed by atoms with Crippen molar-refractivity contribution in [3.63, 3.8) is 0 Å². The molecule has 0 heterocycles. The summed E-state index contributed by atoms with van der Waals surface area (Å²) in [5.41, 5.74) is 1.16. The van der Waals surface area contributed by atoms with Crippen LogP contribution in [-0.4, -0.2) is 6.54 Å². The molecule has 0 rings (SSSR count). The summed E-state index contributed by atoms with van der Waals surface area (Å²) in [6, 6.07) is 0. The predicted molar refractivity (Wildman–Crippen MR) is 49.1 cm³/mol. The quantitative estimate of drug-likeness (QED) is 0.564. The first-order valence-electron chi connectivity index (χ1n) is 4.22. The molecule has 10 heavy (non-hydrogen) atoms. The highest BCUT2D eigenvalue weighted by Crippen LogP contribution is 1.94. The molecule has 0 saturated carbocycles. The predicted octanol–water partition coefficient (Wildman–Crippen LogP) is 2.94. The molecule has 0 spiro atoms. The van der Waals surface area contributed by atoms with Gasteiger partial charge in [0.1, 0.15) is 0 Å². The lowest BCUT2D eigenvalue weighted by Crippen LogP contribution is -2.12. The van der Waals surface area contributed by atoms with E-state index < -0.39 is 0 Å². The average molecular weight is 143 g/mol. The van der Waals surface area contributed by atoms with Gasteiger partial charge in [0.2, 0.25) is 0 Å². The molecule has 62 valence electrons. The molecule has 0 aromatic carbocycles. The van der Waals surface area contributed by atoms with Crippen LogP contribution in [0.2, 0.25) is 0 Å². The normalized spacial score (nSPS) is 9.40. The number of nitrogens with one attached hydrogen (secondary N) is 1. The van der Waals surface area contributed by atoms with E-state index in [2.05, 4.69) is 25.7 Å². The zero-order valence-electron chi connectivity index (χ0n) is 7.24. The first-order valence-corrected chi connectivity index (χ1v) is 4.22. The van der Waals surface area contributed by atoms with Gasteiger partial charge >= 0.3 is 0 Å². The molecule has 0 atom stereocenters. The van der Waals surface area contributed by atoms with Gasteiger partial charge in [0.15, 0.2) is 0 Å². The molecule has 0 amide bonds. The van der Waals surface area contributed by atoms with Crippen LogP contribution in [0.3, 0.4) is 0 Å². The van der Waals surface area contributed by atoms with Crippen molar-refractivity contribution in [1.82, 2.24) is 5.32 Å². The van der Waals surface area contributed by atoms with E-state index in [9.17, 15) is 0 Å². The zero-order valence-corrected chi connectivity index (χ0v) is 7.24. The summed E-state index contributed by atoms with van der Waals surface area (Å²) in [6.45, 7) is 9.29.